The fourth-order valence-electron chi connectivity index (χ4n) is 5.09. The van der Waals surface area contributed by atoms with Crippen LogP contribution in [0, 0.1) is 0 Å². The van der Waals surface area contributed by atoms with Gasteiger partial charge in [0.15, 0.2) is 0 Å². The Morgan fingerprint density at radius 1 is 0.417 bits per heavy atom. The van der Waals surface area contributed by atoms with Crippen LogP contribution in [-0.4, -0.2) is 0 Å². The van der Waals surface area contributed by atoms with Crippen LogP contribution in [0.5, 0.6) is 0 Å². The van der Waals surface area contributed by atoms with E-state index in [-0.39, 0.29) is 0 Å². The zero-order chi connectivity index (χ0) is 23.9. The summed E-state index contributed by atoms with van der Waals surface area (Å²) in [6, 6.07) is 49.0. The Morgan fingerprint density at radius 2 is 1.06 bits per heavy atom. The summed E-state index contributed by atoms with van der Waals surface area (Å²) in [6.07, 6.45) is 0. The minimum absolute atomic E-state index is 0.901. The molecular weight excluding hydrogens is 438 g/mol. The molecule has 0 aliphatic rings. The van der Waals surface area contributed by atoms with Crippen LogP contribution in [0.25, 0.3) is 43.8 Å². The van der Waals surface area contributed by atoms with Gasteiger partial charge in [-0.05, 0) is 65.0 Å². The van der Waals surface area contributed by atoms with Crippen LogP contribution in [-0.2, 0) is 0 Å². The van der Waals surface area contributed by atoms with E-state index in [1.165, 1.54) is 16.5 Å². The third kappa shape index (κ3) is 3.43. The number of hydrogen-bond donors (Lipinski definition) is 0. The van der Waals surface area contributed by atoms with E-state index in [4.69, 9.17) is 4.42 Å². The van der Waals surface area contributed by atoms with Crippen LogP contribution >= 0.6 is 0 Å². The van der Waals surface area contributed by atoms with Gasteiger partial charge < -0.3 is 9.32 Å². The molecule has 0 saturated carbocycles. The van der Waals surface area contributed by atoms with Gasteiger partial charge in [-0.15, -0.1) is 0 Å². The average Bonchev–Trinajstić information content (AvgIpc) is 3.33. The Morgan fingerprint density at radius 3 is 1.86 bits per heavy atom. The number of para-hydroxylation sites is 1. The minimum atomic E-state index is 0.901. The van der Waals surface area contributed by atoms with Crippen molar-refractivity contribution < 1.29 is 4.42 Å². The Hall–Kier alpha value is -4.82. The lowest BCUT2D eigenvalue weighted by Crippen LogP contribution is -2.09. The molecule has 0 atom stereocenters. The highest BCUT2D eigenvalue weighted by Crippen LogP contribution is 2.40. The van der Waals surface area contributed by atoms with Gasteiger partial charge in [0.1, 0.15) is 11.2 Å². The topological polar surface area (TPSA) is 16.4 Å². The first-order valence-corrected chi connectivity index (χ1v) is 12.2. The quantitative estimate of drug-likeness (QED) is 0.259. The lowest BCUT2D eigenvalue weighted by molar-refractivity contribution is 0.672. The fraction of sp³-hybridized carbons (Fsp3) is 0. The van der Waals surface area contributed by atoms with Crippen LogP contribution in [0.1, 0.15) is 0 Å². The van der Waals surface area contributed by atoms with Crippen molar-refractivity contribution in [2.24, 2.45) is 0 Å². The van der Waals surface area contributed by atoms with Gasteiger partial charge >= 0.3 is 0 Å². The Bertz CT molecular complexity index is 1820. The van der Waals surface area contributed by atoms with Crippen molar-refractivity contribution in [2.45, 2.75) is 0 Å². The summed E-state index contributed by atoms with van der Waals surface area (Å²) in [5, 5.41) is 4.59. The number of fused-ring (bicyclic) bond motifs is 5. The molecule has 0 unspecified atom stereocenters. The third-order valence-electron chi connectivity index (χ3n) is 6.85. The SMILES string of the molecule is c1ccc(-c2ccc(N(c3ccccc3)c3ccc4oc5c6ccccc6ccc5c4c3)cc2)cc1. The predicted octanol–water partition coefficient (Wildman–Crippen LogP) is 9.88. The second-order valence-corrected chi connectivity index (χ2v) is 9.03. The van der Waals surface area contributed by atoms with Gasteiger partial charge in [-0.1, -0.05) is 91.0 Å². The molecule has 0 N–H and O–H groups in total. The first-order chi connectivity index (χ1) is 17.8. The summed E-state index contributed by atoms with van der Waals surface area (Å²) in [7, 11) is 0. The van der Waals surface area contributed by atoms with E-state index in [0.29, 0.717) is 0 Å². The monoisotopic (exact) mass is 461 g/mol. The molecule has 2 heteroatoms. The molecule has 0 saturated heterocycles. The number of hydrogen-bond acceptors (Lipinski definition) is 2. The summed E-state index contributed by atoms with van der Waals surface area (Å²) in [5.41, 5.74) is 7.58. The molecular formula is C34H23NO. The normalized spacial score (nSPS) is 11.3. The molecule has 36 heavy (non-hydrogen) atoms. The maximum Gasteiger partial charge on any atom is 0.143 e. The Labute approximate surface area is 209 Å². The lowest BCUT2D eigenvalue weighted by atomic mass is 10.0. The van der Waals surface area contributed by atoms with Crippen molar-refractivity contribution in [2.75, 3.05) is 4.90 Å². The predicted molar refractivity (Wildman–Crippen MR) is 151 cm³/mol. The van der Waals surface area contributed by atoms with Crippen LogP contribution in [0.4, 0.5) is 17.1 Å². The van der Waals surface area contributed by atoms with Gasteiger partial charge in [-0.25, -0.2) is 0 Å². The molecule has 1 aromatic heterocycles. The average molecular weight is 462 g/mol. The molecule has 0 bridgehead atoms. The summed E-state index contributed by atoms with van der Waals surface area (Å²) in [6.45, 7) is 0. The highest BCUT2D eigenvalue weighted by Gasteiger charge is 2.16. The van der Waals surface area contributed by atoms with Crippen molar-refractivity contribution >= 4 is 49.8 Å². The van der Waals surface area contributed by atoms with E-state index in [2.05, 4.69) is 138 Å². The van der Waals surface area contributed by atoms with E-state index >= 15 is 0 Å². The maximum atomic E-state index is 6.36. The molecule has 170 valence electrons. The maximum absolute atomic E-state index is 6.36. The van der Waals surface area contributed by atoms with E-state index in [0.717, 1.165) is 44.4 Å². The number of nitrogens with zero attached hydrogens (tertiary/aromatic N) is 1. The second kappa shape index (κ2) is 8.44. The van der Waals surface area contributed by atoms with Crippen molar-refractivity contribution in [3.8, 4) is 11.1 Å². The highest BCUT2D eigenvalue weighted by atomic mass is 16.3. The molecule has 2 nitrogen and oxygen atoms in total. The van der Waals surface area contributed by atoms with Crippen molar-refractivity contribution in [1.29, 1.82) is 0 Å². The second-order valence-electron chi connectivity index (χ2n) is 9.03. The summed E-state index contributed by atoms with van der Waals surface area (Å²) < 4.78 is 6.36. The van der Waals surface area contributed by atoms with Crippen LogP contribution in [0.15, 0.2) is 144 Å². The summed E-state index contributed by atoms with van der Waals surface area (Å²) in [4.78, 5) is 2.30. The van der Waals surface area contributed by atoms with Crippen LogP contribution in [0.2, 0.25) is 0 Å². The minimum Gasteiger partial charge on any atom is -0.455 e. The molecule has 0 aliphatic heterocycles. The van der Waals surface area contributed by atoms with Gasteiger partial charge in [0, 0.05) is 33.2 Å². The van der Waals surface area contributed by atoms with Crippen molar-refractivity contribution in [3.05, 3.63) is 140 Å². The molecule has 1 heterocycles. The van der Waals surface area contributed by atoms with Gasteiger partial charge in [0.2, 0.25) is 0 Å². The standard InChI is InChI=1S/C34H23NO/c1-3-9-24(10-4-1)25-15-18-28(19-16-25)35(27-12-5-2-6-13-27)29-20-22-33-32(23-29)31-21-17-26-11-7-8-14-30(26)34(31)36-33/h1-23H. The molecule has 0 amide bonds. The van der Waals surface area contributed by atoms with E-state index in [1.807, 2.05) is 6.07 Å². The van der Waals surface area contributed by atoms with E-state index in [1.54, 1.807) is 0 Å². The lowest BCUT2D eigenvalue weighted by Gasteiger charge is -2.25. The van der Waals surface area contributed by atoms with Gasteiger partial charge in [-0.3, -0.25) is 0 Å². The summed E-state index contributed by atoms with van der Waals surface area (Å²) >= 11 is 0. The largest absolute Gasteiger partial charge is 0.455 e. The van der Waals surface area contributed by atoms with Gasteiger partial charge in [0.05, 0.1) is 0 Å². The molecule has 0 fully saturated rings. The highest BCUT2D eigenvalue weighted by molar-refractivity contribution is 6.15. The third-order valence-corrected chi connectivity index (χ3v) is 6.85. The smallest absolute Gasteiger partial charge is 0.143 e. The number of furan rings is 1. The van der Waals surface area contributed by atoms with Crippen molar-refractivity contribution in [1.82, 2.24) is 0 Å². The fourth-order valence-corrected chi connectivity index (χ4v) is 5.09. The van der Waals surface area contributed by atoms with Gasteiger partial charge in [-0.2, -0.15) is 0 Å². The summed E-state index contributed by atoms with van der Waals surface area (Å²) in [5.74, 6) is 0. The Kier molecular flexibility index (Phi) is 4.82. The van der Waals surface area contributed by atoms with Crippen molar-refractivity contribution in [3.63, 3.8) is 0 Å². The zero-order valence-corrected chi connectivity index (χ0v) is 19.6. The van der Waals surface area contributed by atoms with Crippen LogP contribution in [0.3, 0.4) is 0 Å². The first kappa shape index (κ1) is 20.5. The zero-order valence-electron chi connectivity index (χ0n) is 19.6. The number of benzene rings is 6. The molecule has 7 rings (SSSR count). The molecule has 0 radical (unpaired) electrons. The molecule has 6 aromatic carbocycles. The number of anilines is 3. The molecule has 7 aromatic rings. The Balaban J connectivity index is 1.39. The van der Waals surface area contributed by atoms with Gasteiger partial charge in [0.25, 0.3) is 0 Å². The molecule has 0 aliphatic carbocycles. The number of rotatable bonds is 4. The van der Waals surface area contributed by atoms with E-state index in [9.17, 15) is 0 Å². The van der Waals surface area contributed by atoms with Crippen LogP contribution < -0.4 is 4.90 Å². The van der Waals surface area contributed by atoms with E-state index < -0.39 is 0 Å². The first-order valence-electron chi connectivity index (χ1n) is 12.2. The molecule has 0 spiro atoms.